The maximum Gasteiger partial charge on any atom is 0.278 e. The molecule has 0 atom stereocenters. The van der Waals surface area contributed by atoms with Crippen LogP contribution in [0.15, 0.2) is 48.0 Å². The zero-order valence-electron chi connectivity index (χ0n) is 10.5. The van der Waals surface area contributed by atoms with Gasteiger partial charge in [0.15, 0.2) is 23.2 Å². The van der Waals surface area contributed by atoms with Gasteiger partial charge in [-0.15, -0.1) is 0 Å². The third kappa shape index (κ3) is 2.90. The number of hydrogen-bond donors (Lipinski definition) is 0. The Morgan fingerprint density at radius 1 is 0.857 bits per heavy atom. The van der Waals surface area contributed by atoms with Crippen molar-refractivity contribution in [2.45, 2.75) is 0 Å². The van der Waals surface area contributed by atoms with E-state index < -0.39 is 17.5 Å². The van der Waals surface area contributed by atoms with Crippen LogP contribution in [0.25, 0.3) is 11.1 Å². The van der Waals surface area contributed by atoms with Crippen molar-refractivity contribution in [3.63, 3.8) is 0 Å². The van der Waals surface area contributed by atoms with Crippen LogP contribution in [0, 0.1) is 17.5 Å². The zero-order valence-corrected chi connectivity index (χ0v) is 11.3. The molecule has 0 saturated carbocycles. The van der Waals surface area contributed by atoms with Crippen molar-refractivity contribution in [3.05, 3.63) is 65.4 Å². The van der Waals surface area contributed by atoms with Crippen molar-refractivity contribution < 1.29 is 17.9 Å². The summed E-state index contributed by atoms with van der Waals surface area (Å²) in [5.74, 6) is -2.50. The highest BCUT2D eigenvalue weighted by molar-refractivity contribution is 7.11. The van der Waals surface area contributed by atoms with Gasteiger partial charge in [-0.25, -0.2) is 18.2 Å². The predicted molar refractivity (Wildman–Crippen MR) is 73.9 cm³/mol. The molecule has 3 aromatic rings. The molecule has 0 saturated heterocycles. The third-order valence-corrected chi connectivity index (χ3v) is 3.44. The van der Waals surface area contributed by atoms with E-state index in [1.807, 2.05) is 0 Å². The number of thiazole rings is 1. The molecule has 0 amide bonds. The smallest absolute Gasteiger partial charge is 0.278 e. The number of aromatic nitrogens is 1. The largest absolute Gasteiger partial charge is 0.428 e. The molecule has 21 heavy (non-hydrogen) atoms. The highest BCUT2D eigenvalue weighted by atomic mass is 32.1. The standard InChI is InChI=1S/C15H8F3NOS/c16-11-3-1-9(7-12(11)17)10-2-4-14(13(18)8-10)20-15-19-5-6-21-15/h1-8H. The number of rotatable bonds is 3. The normalized spacial score (nSPS) is 10.6. The average molecular weight is 307 g/mol. The van der Waals surface area contributed by atoms with Crippen LogP contribution in [0.4, 0.5) is 13.2 Å². The minimum absolute atomic E-state index is 0.0243. The summed E-state index contributed by atoms with van der Waals surface area (Å²) in [5.41, 5.74) is 0.812. The molecule has 1 heterocycles. The minimum Gasteiger partial charge on any atom is -0.428 e. The van der Waals surface area contributed by atoms with Gasteiger partial charge in [0.05, 0.1) is 0 Å². The summed E-state index contributed by atoms with van der Waals surface area (Å²) in [5, 5.41) is 2.04. The highest BCUT2D eigenvalue weighted by Gasteiger charge is 2.10. The van der Waals surface area contributed by atoms with E-state index in [4.69, 9.17) is 4.74 Å². The molecule has 0 fully saturated rings. The molecule has 106 valence electrons. The fourth-order valence-electron chi connectivity index (χ4n) is 1.79. The fourth-order valence-corrected chi connectivity index (χ4v) is 2.29. The first kappa shape index (κ1) is 13.6. The average Bonchev–Trinajstić information content (AvgIpc) is 2.97. The van der Waals surface area contributed by atoms with Crippen molar-refractivity contribution in [1.29, 1.82) is 0 Å². The van der Waals surface area contributed by atoms with Gasteiger partial charge in [0.1, 0.15) is 0 Å². The summed E-state index contributed by atoms with van der Waals surface area (Å²) >= 11 is 1.24. The molecule has 0 spiro atoms. The first-order valence-corrected chi connectivity index (χ1v) is 6.84. The Hall–Kier alpha value is -2.34. The number of ether oxygens (including phenoxy) is 1. The van der Waals surface area contributed by atoms with Crippen molar-refractivity contribution >= 4 is 11.3 Å². The monoisotopic (exact) mass is 307 g/mol. The molecule has 0 aliphatic heterocycles. The number of nitrogens with zero attached hydrogens (tertiary/aromatic N) is 1. The third-order valence-electron chi connectivity index (χ3n) is 2.79. The predicted octanol–water partition coefficient (Wildman–Crippen LogP) is 5.02. The lowest BCUT2D eigenvalue weighted by atomic mass is 10.1. The van der Waals surface area contributed by atoms with Crippen molar-refractivity contribution in [3.8, 4) is 22.1 Å². The van der Waals surface area contributed by atoms with Crippen LogP contribution in [0.3, 0.4) is 0 Å². The van der Waals surface area contributed by atoms with E-state index in [0.29, 0.717) is 16.3 Å². The Kier molecular flexibility index (Phi) is 3.62. The van der Waals surface area contributed by atoms with Crippen molar-refractivity contribution in [1.82, 2.24) is 4.98 Å². The molecule has 0 radical (unpaired) electrons. The lowest BCUT2D eigenvalue weighted by molar-refractivity contribution is 0.440. The lowest BCUT2D eigenvalue weighted by Crippen LogP contribution is -1.90. The fraction of sp³-hybridized carbons (Fsp3) is 0. The van der Waals surface area contributed by atoms with Crippen LogP contribution in [0.1, 0.15) is 0 Å². The second-order valence-corrected chi connectivity index (χ2v) is 5.03. The SMILES string of the molecule is Fc1ccc(-c2ccc(Oc3nccs3)c(F)c2)cc1F. The van der Waals surface area contributed by atoms with Gasteiger partial charge in [0.25, 0.3) is 5.19 Å². The zero-order chi connectivity index (χ0) is 14.8. The molecule has 0 aliphatic carbocycles. The van der Waals surface area contributed by atoms with Crippen molar-refractivity contribution in [2.24, 2.45) is 0 Å². The van der Waals surface area contributed by atoms with Crippen LogP contribution in [0.2, 0.25) is 0 Å². The molecular weight excluding hydrogens is 299 g/mol. The summed E-state index contributed by atoms with van der Waals surface area (Å²) < 4.78 is 45.4. The molecule has 0 bridgehead atoms. The minimum atomic E-state index is -0.976. The van der Waals surface area contributed by atoms with E-state index in [0.717, 1.165) is 12.1 Å². The Labute approximate surface area is 122 Å². The van der Waals surface area contributed by atoms with E-state index in [-0.39, 0.29) is 5.75 Å². The number of halogens is 3. The summed E-state index contributed by atoms with van der Waals surface area (Å²) in [7, 11) is 0. The first-order chi connectivity index (χ1) is 10.1. The van der Waals surface area contributed by atoms with Crippen LogP contribution < -0.4 is 4.74 Å². The molecule has 1 aromatic heterocycles. The van der Waals surface area contributed by atoms with Gasteiger partial charge in [-0.3, -0.25) is 0 Å². The highest BCUT2D eigenvalue weighted by Crippen LogP contribution is 2.30. The lowest BCUT2D eigenvalue weighted by Gasteiger charge is -2.07. The molecule has 3 rings (SSSR count). The topological polar surface area (TPSA) is 22.1 Å². The van der Waals surface area contributed by atoms with Crippen LogP contribution >= 0.6 is 11.3 Å². The molecule has 2 aromatic carbocycles. The Morgan fingerprint density at radius 3 is 2.19 bits per heavy atom. The van der Waals surface area contributed by atoms with Crippen molar-refractivity contribution in [2.75, 3.05) is 0 Å². The summed E-state index contributed by atoms with van der Waals surface area (Å²) in [6, 6.07) is 7.60. The van der Waals surface area contributed by atoms with E-state index in [2.05, 4.69) is 4.98 Å². The van der Waals surface area contributed by atoms with E-state index in [1.54, 1.807) is 17.6 Å². The van der Waals surface area contributed by atoms with Gasteiger partial charge in [0.2, 0.25) is 0 Å². The Bertz CT molecular complexity index is 775. The second-order valence-electron chi connectivity index (χ2n) is 4.17. The summed E-state index contributed by atoms with van der Waals surface area (Å²) in [4.78, 5) is 3.89. The van der Waals surface area contributed by atoms with Gasteiger partial charge < -0.3 is 4.74 Å². The number of benzene rings is 2. The number of hydrogen-bond acceptors (Lipinski definition) is 3. The molecule has 0 aliphatic rings. The van der Waals surface area contributed by atoms with Crippen LogP contribution in [-0.4, -0.2) is 4.98 Å². The van der Waals surface area contributed by atoms with Gasteiger partial charge in [-0.05, 0) is 35.4 Å². The summed E-state index contributed by atoms with van der Waals surface area (Å²) in [6.45, 7) is 0. The van der Waals surface area contributed by atoms with Gasteiger partial charge >= 0.3 is 0 Å². The Morgan fingerprint density at radius 2 is 1.57 bits per heavy atom. The second kappa shape index (κ2) is 5.57. The maximum atomic E-state index is 14.0. The van der Waals surface area contributed by atoms with Gasteiger partial charge in [-0.2, -0.15) is 0 Å². The van der Waals surface area contributed by atoms with Crippen LogP contribution in [0.5, 0.6) is 10.9 Å². The molecular formula is C15H8F3NOS. The Balaban J connectivity index is 1.91. The van der Waals surface area contributed by atoms with Crippen LogP contribution in [-0.2, 0) is 0 Å². The maximum absolute atomic E-state index is 14.0. The first-order valence-electron chi connectivity index (χ1n) is 5.96. The summed E-state index contributed by atoms with van der Waals surface area (Å²) in [6.07, 6.45) is 1.55. The molecule has 0 unspecified atom stereocenters. The van der Waals surface area contributed by atoms with E-state index >= 15 is 0 Å². The van der Waals surface area contributed by atoms with Gasteiger partial charge in [-0.1, -0.05) is 23.5 Å². The molecule has 0 N–H and O–H groups in total. The molecule has 2 nitrogen and oxygen atoms in total. The van der Waals surface area contributed by atoms with E-state index in [1.165, 1.54) is 29.5 Å². The van der Waals surface area contributed by atoms with Gasteiger partial charge in [0, 0.05) is 11.6 Å². The quantitative estimate of drug-likeness (QED) is 0.678. The molecule has 6 heteroatoms. The van der Waals surface area contributed by atoms with E-state index in [9.17, 15) is 13.2 Å².